The molecule has 0 saturated carbocycles. The maximum atomic E-state index is 10.9. The zero-order valence-electron chi connectivity index (χ0n) is 8.11. The van der Waals surface area contributed by atoms with Gasteiger partial charge in [0.1, 0.15) is 4.32 Å². The first kappa shape index (κ1) is 13.9. The number of hydrogen-bond acceptors (Lipinski definition) is 4. The molecule has 1 aromatic rings. The van der Waals surface area contributed by atoms with Crippen molar-refractivity contribution in [3.05, 3.63) is 23.8 Å². The summed E-state index contributed by atoms with van der Waals surface area (Å²) in [5, 5.41) is 11.4. The Balaban J connectivity index is 3.37. The largest absolute Gasteiger partial charge is 0.478 e. The molecule has 0 radical (unpaired) electrons. The third-order valence-corrected chi connectivity index (χ3v) is 2.82. The molecule has 92 valence electrons. The van der Waals surface area contributed by atoms with Crippen LogP contribution in [0.2, 0.25) is 0 Å². The summed E-state index contributed by atoms with van der Waals surface area (Å²) in [6.07, 6.45) is 0. The van der Waals surface area contributed by atoms with Crippen molar-refractivity contribution in [2.75, 3.05) is 5.32 Å². The number of carboxylic acids is 1. The summed E-state index contributed by atoms with van der Waals surface area (Å²) in [4.78, 5) is 10.4. The van der Waals surface area contributed by atoms with Gasteiger partial charge in [0.25, 0.3) is 10.1 Å². The van der Waals surface area contributed by atoms with E-state index in [0.717, 1.165) is 12.1 Å². The third kappa shape index (κ3) is 3.66. The third-order valence-electron chi connectivity index (χ3n) is 1.76. The zero-order valence-corrected chi connectivity index (χ0v) is 10.6. The highest BCUT2D eigenvalue weighted by molar-refractivity contribution is 8.11. The molecule has 0 heterocycles. The van der Waals surface area contributed by atoms with E-state index in [1.807, 2.05) is 0 Å². The lowest BCUT2D eigenvalue weighted by Gasteiger charge is -2.08. The van der Waals surface area contributed by atoms with Gasteiger partial charge >= 0.3 is 5.97 Å². The van der Waals surface area contributed by atoms with Crippen LogP contribution in [-0.2, 0) is 10.1 Å². The molecule has 17 heavy (non-hydrogen) atoms. The number of thiol groups is 1. The maximum Gasteiger partial charge on any atom is 0.337 e. The van der Waals surface area contributed by atoms with Crippen molar-refractivity contribution in [1.82, 2.24) is 0 Å². The van der Waals surface area contributed by atoms with E-state index < -0.39 is 21.0 Å². The fourth-order valence-corrected chi connectivity index (χ4v) is 1.82. The first-order valence-corrected chi connectivity index (χ1v) is 6.36. The number of aromatic carboxylic acids is 1. The van der Waals surface area contributed by atoms with E-state index in [2.05, 4.69) is 30.2 Å². The molecule has 9 heteroatoms. The summed E-state index contributed by atoms with van der Waals surface area (Å²) in [5.41, 5.74) is -0.249. The minimum atomic E-state index is -4.45. The lowest BCUT2D eigenvalue weighted by molar-refractivity contribution is 0.0698. The molecule has 0 bridgehead atoms. The van der Waals surface area contributed by atoms with Gasteiger partial charge < -0.3 is 10.4 Å². The molecule has 0 aliphatic rings. The van der Waals surface area contributed by atoms with Gasteiger partial charge in [-0.3, -0.25) is 4.55 Å². The number of carboxylic acid groups (broad SMARTS) is 1. The maximum absolute atomic E-state index is 10.9. The first-order valence-electron chi connectivity index (χ1n) is 4.06. The van der Waals surface area contributed by atoms with Crippen LogP contribution in [0.5, 0.6) is 0 Å². The molecule has 0 atom stereocenters. The van der Waals surface area contributed by atoms with E-state index in [1.54, 1.807) is 0 Å². The van der Waals surface area contributed by atoms with E-state index >= 15 is 0 Å². The SMILES string of the molecule is O=C(O)c1cc(S(=O)(=O)O)ccc1NC(=S)S. The Bertz CT molecular complexity index is 581. The molecule has 0 aliphatic heterocycles. The molecule has 0 aliphatic carbocycles. The van der Waals surface area contributed by atoms with Gasteiger partial charge in [-0.25, -0.2) is 4.79 Å². The van der Waals surface area contributed by atoms with Gasteiger partial charge in [-0.15, -0.1) is 12.6 Å². The second-order valence-corrected chi connectivity index (χ2v) is 5.50. The lowest BCUT2D eigenvalue weighted by Crippen LogP contribution is -2.09. The number of hydrogen-bond donors (Lipinski definition) is 4. The fourth-order valence-electron chi connectivity index (χ4n) is 1.08. The zero-order chi connectivity index (χ0) is 13.2. The summed E-state index contributed by atoms with van der Waals surface area (Å²) < 4.78 is 30.5. The van der Waals surface area contributed by atoms with Crippen LogP contribution < -0.4 is 5.32 Å². The van der Waals surface area contributed by atoms with E-state index in [4.69, 9.17) is 9.66 Å². The van der Waals surface area contributed by atoms with Gasteiger partial charge in [-0.2, -0.15) is 8.42 Å². The summed E-state index contributed by atoms with van der Waals surface area (Å²) >= 11 is 8.39. The highest BCUT2D eigenvalue weighted by Gasteiger charge is 2.16. The Morgan fingerprint density at radius 2 is 2.00 bits per heavy atom. The van der Waals surface area contributed by atoms with E-state index in [9.17, 15) is 13.2 Å². The molecule has 6 nitrogen and oxygen atoms in total. The predicted molar refractivity (Wildman–Crippen MR) is 68.4 cm³/mol. The average Bonchev–Trinajstić information content (AvgIpc) is 2.15. The molecule has 3 N–H and O–H groups in total. The smallest absolute Gasteiger partial charge is 0.337 e. The van der Waals surface area contributed by atoms with Crippen molar-refractivity contribution in [2.24, 2.45) is 0 Å². The molecule has 0 saturated heterocycles. The lowest BCUT2D eigenvalue weighted by atomic mass is 10.2. The first-order chi connectivity index (χ1) is 7.71. The Labute approximate surface area is 108 Å². The quantitative estimate of drug-likeness (QED) is 0.378. The molecule has 0 aromatic heterocycles. The van der Waals surface area contributed by atoms with Crippen LogP contribution >= 0.6 is 24.8 Å². The second kappa shape index (κ2) is 5.00. The number of thiocarbonyl (C=S) groups is 1. The van der Waals surface area contributed by atoms with Crippen molar-refractivity contribution in [3.8, 4) is 0 Å². The van der Waals surface area contributed by atoms with Crippen LogP contribution in [0.4, 0.5) is 5.69 Å². The topological polar surface area (TPSA) is 104 Å². The second-order valence-electron chi connectivity index (χ2n) is 2.92. The molecule has 0 fully saturated rings. The summed E-state index contributed by atoms with van der Waals surface area (Å²) in [6, 6.07) is 3.05. The molecule has 0 amide bonds. The van der Waals surface area contributed by atoms with Gasteiger partial charge in [-0.1, -0.05) is 12.2 Å². The van der Waals surface area contributed by atoms with E-state index in [1.165, 1.54) is 6.07 Å². The molecule has 0 spiro atoms. The van der Waals surface area contributed by atoms with E-state index in [-0.39, 0.29) is 15.6 Å². The van der Waals surface area contributed by atoms with Crippen LogP contribution in [-0.4, -0.2) is 28.4 Å². The van der Waals surface area contributed by atoms with Crippen LogP contribution in [0.3, 0.4) is 0 Å². The summed E-state index contributed by atoms with van der Waals surface area (Å²) in [6.45, 7) is 0. The summed E-state index contributed by atoms with van der Waals surface area (Å²) in [7, 11) is -4.45. The highest BCUT2D eigenvalue weighted by atomic mass is 32.2. The van der Waals surface area contributed by atoms with Gasteiger partial charge in [0.05, 0.1) is 16.1 Å². The van der Waals surface area contributed by atoms with Crippen molar-refractivity contribution in [2.45, 2.75) is 4.90 Å². The number of carbonyl (C=O) groups is 1. The summed E-state index contributed by atoms with van der Waals surface area (Å²) in [5.74, 6) is -1.36. The Kier molecular flexibility index (Phi) is 4.09. The number of benzene rings is 1. The normalized spacial score (nSPS) is 10.9. The van der Waals surface area contributed by atoms with Crippen molar-refractivity contribution >= 4 is 50.9 Å². The molecule has 0 unspecified atom stereocenters. The standard InChI is InChI=1S/C8H7NO5S3/c10-7(11)5-3-4(17(12,13)14)1-2-6(5)9-8(15)16/h1-3H,(H,10,11)(H2,9,15,16)(H,12,13,14). The van der Waals surface area contributed by atoms with Crippen molar-refractivity contribution in [1.29, 1.82) is 0 Å². The minimum absolute atomic E-state index is 0.0344. The fraction of sp³-hybridized carbons (Fsp3) is 0. The molecular formula is C8H7NO5S3. The molecule has 1 rings (SSSR count). The molecule has 1 aromatic carbocycles. The van der Waals surface area contributed by atoms with Crippen LogP contribution in [0.1, 0.15) is 10.4 Å². The monoisotopic (exact) mass is 293 g/mol. The van der Waals surface area contributed by atoms with Gasteiger partial charge in [0.15, 0.2) is 0 Å². The Morgan fingerprint density at radius 3 is 2.41 bits per heavy atom. The number of anilines is 1. The van der Waals surface area contributed by atoms with Crippen molar-refractivity contribution < 1.29 is 22.9 Å². The van der Waals surface area contributed by atoms with Gasteiger partial charge in [-0.05, 0) is 18.2 Å². The predicted octanol–water partition coefficient (Wildman–Crippen LogP) is 1.26. The number of rotatable bonds is 3. The number of nitrogens with one attached hydrogen (secondary N) is 1. The van der Waals surface area contributed by atoms with E-state index in [0.29, 0.717) is 0 Å². The van der Waals surface area contributed by atoms with Gasteiger partial charge in [0, 0.05) is 0 Å². The minimum Gasteiger partial charge on any atom is -0.478 e. The van der Waals surface area contributed by atoms with Gasteiger partial charge in [0.2, 0.25) is 0 Å². The molecular weight excluding hydrogens is 286 g/mol. The Morgan fingerprint density at radius 1 is 1.41 bits per heavy atom. The average molecular weight is 293 g/mol. The van der Waals surface area contributed by atoms with Crippen LogP contribution in [0.25, 0.3) is 0 Å². The highest BCUT2D eigenvalue weighted by Crippen LogP contribution is 2.21. The van der Waals surface area contributed by atoms with Crippen LogP contribution in [0.15, 0.2) is 23.1 Å². The van der Waals surface area contributed by atoms with Crippen LogP contribution in [0, 0.1) is 0 Å². The Hall–Kier alpha value is -1.16. The van der Waals surface area contributed by atoms with Crippen molar-refractivity contribution in [3.63, 3.8) is 0 Å².